The Bertz CT molecular complexity index is 1090. The van der Waals surface area contributed by atoms with Crippen LogP contribution in [-0.4, -0.2) is 34.7 Å². The van der Waals surface area contributed by atoms with Crippen LogP contribution in [0, 0.1) is 6.92 Å². The number of aromatic carboxylic acids is 1. The van der Waals surface area contributed by atoms with E-state index in [0.717, 1.165) is 22.3 Å². The summed E-state index contributed by atoms with van der Waals surface area (Å²) in [6.07, 6.45) is 1.52. The van der Waals surface area contributed by atoms with Gasteiger partial charge in [-0.15, -0.1) is 4.83 Å². The van der Waals surface area contributed by atoms with Gasteiger partial charge in [0.25, 0.3) is 15.9 Å². The molecule has 2 aromatic carbocycles. The van der Waals surface area contributed by atoms with Crippen LogP contribution in [0.2, 0.25) is 0 Å². The first kappa shape index (κ1) is 20.2. The fourth-order valence-electron chi connectivity index (χ4n) is 2.31. The number of nitrogens with zero attached hydrogens (tertiary/aromatic N) is 1. The van der Waals surface area contributed by atoms with Crippen LogP contribution < -0.4 is 4.83 Å². The number of aryl methyl sites for hydroxylation is 1. The lowest BCUT2D eigenvalue weighted by atomic mass is 10.1. The SMILES string of the molecule is Cc1ccc(S(=O)(=O)NN2C(=O)/C(=C/c3ccc(C(=O)O)cc3)SC2=S)cc1. The second-order valence-corrected chi connectivity index (χ2v) is 9.19. The lowest BCUT2D eigenvalue weighted by Crippen LogP contribution is -2.44. The van der Waals surface area contributed by atoms with E-state index in [2.05, 4.69) is 4.83 Å². The molecule has 2 N–H and O–H groups in total. The summed E-state index contributed by atoms with van der Waals surface area (Å²) in [6.45, 7) is 1.83. The van der Waals surface area contributed by atoms with Crippen molar-refractivity contribution in [3.05, 3.63) is 70.1 Å². The van der Waals surface area contributed by atoms with Gasteiger partial charge in [-0.2, -0.15) is 0 Å². The van der Waals surface area contributed by atoms with E-state index in [0.29, 0.717) is 5.56 Å². The van der Waals surface area contributed by atoms with Gasteiger partial charge < -0.3 is 5.11 Å². The molecule has 1 amide bonds. The minimum absolute atomic E-state index is 0.0142. The Labute approximate surface area is 171 Å². The van der Waals surface area contributed by atoms with Gasteiger partial charge in [0.15, 0.2) is 4.32 Å². The van der Waals surface area contributed by atoms with Crippen molar-refractivity contribution in [2.75, 3.05) is 0 Å². The summed E-state index contributed by atoms with van der Waals surface area (Å²) in [6, 6.07) is 12.1. The van der Waals surface area contributed by atoms with Gasteiger partial charge in [-0.1, -0.05) is 53.8 Å². The highest BCUT2D eigenvalue weighted by molar-refractivity contribution is 8.26. The third-order valence-electron chi connectivity index (χ3n) is 3.79. The molecule has 1 heterocycles. The van der Waals surface area contributed by atoms with Crippen LogP contribution in [0.15, 0.2) is 58.3 Å². The molecular weight excluding hydrogens is 420 g/mol. The van der Waals surface area contributed by atoms with E-state index in [9.17, 15) is 18.0 Å². The number of amides is 1. The molecule has 0 saturated carbocycles. The summed E-state index contributed by atoms with van der Waals surface area (Å²) in [5.74, 6) is -1.66. The third-order valence-corrected chi connectivity index (χ3v) is 6.41. The van der Waals surface area contributed by atoms with E-state index >= 15 is 0 Å². The van der Waals surface area contributed by atoms with Crippen molar-refractivity contribution >= 4 is 56.3 Å². The Balaban J connectivity index is 1.81. The molecule has 0 aromatic heterocycles. The van der Waals surface area contributed by atoms with E-state index in [1.165, 1.54) is 30.3 Å². The number of carboxylic acid groups (broad SMARTS) is 1. The van der Waals surface area contributed by atoms with Crippen LogP contribution >= 0.6 is 24.0 Å². The predicted molar refractivity (Wildman–Crippen MR) is 110 cm³/mol. The quantitative estimate of drug-likeness (QED) is 0.551. The van der Waals surface area contributed by atoms with Gasteiger partial charge in [-0.25, -0.2) is 18.2 Å². The number of rotatable bonds is 5. The number of sulfonamides is 1. The first-order valence-electron chi connectivity index (χ1n) is 7.88. The Kier molecular flexibility index (Phi) is 5.66. The lowest BCUT2D eigenvalue weighted by Gasteiger charge is -2.16. The summed E-state index contributed by atoms with van der Waals surface area (Å²) < 4.78 is 25.1. The van der Waals surface area contributed by atoms with Crippen molar-refractivity contribution in [3.8, 4) is 0 Å². The maximum absolute atomic E-state index is 12.6. The highest BCUT2D eigenvalue weighted by Gasteiger charge is 2.35. The van der Waals surface area contributed by atoms with Crippen molar-refractivity contribution in [1.29, 1.82) is 0 Å². The van der Waals surface area contributed by atoms with E-state index < -0.39 is 21.9 Å². The van der Waals surface area contributed by atoms with Crippen molar-refractivity contribution in [3.63, 3.8) is 0 Å². The number of thioether (sulfide) groups is 1. The molecule has 0 aliphatic carbocycles. The monoisotopic (exact) mass is 434 g/mol. The van der Waals surface area contributed by atoms with Gasteiger partial charge in [-0.3, -0.25) is 4.79 Å². The Morgan fingerprint density at radius 1 is 1.14 bits per heavy atom. The Morgan fingerprint density at radius 2 is 1.75 bits per heavy atom. The molecule has 0 radical (unpaired) electrons. The van der Waals surface area contributed by atoms with E-state index in [4.69, 9.17) is 17.3 Å². The second-order valence-electron chi connectivity index (χ2n) is 5.85. The van der Waals surface area contributed by atoms with Crippen molar-refractivity contribution in [2.24, 2.45) is 0 Å². The smallest absolute Gasteiger partial charge is 0.335 e. The Hall–Kier alpha value is -2.53. The average molecular weight is 435 g/mol. The molecule has 0 spiro atoms. The van der Waals surface area contributed by atoms with Crippen LogP contribution in [0.1, 0.15) is 21.5 Å². The van der Waals surface area contributed by atoms with Gasteiger partial charge in [0.05, 0.1) is 15.4 Å². The van der Waals surface area contributed by atoms with E-state index in [1.54, 1.807) is 24.3 Å². The number of hydrazine groups is 1. The molecule has 1 fully saturated rings. The second kappa shape index (κ2) is 7.84. The summed E-state index contributed by atoms with van der Waals surface area (Å²) in [5, 5.41) is 9.74. The van der Waals surface area contributed by atoms with Gasteiger partial charge >= 0.3 is 5.97 Å². The molecular formula is C18H14N2O5S3. The zero-order chi connectivity index (χ0) is 20.5. The number of carbonyl (C=O) groups excluding carboxylic acids is 1. The van der Waals surface area contributed by atoms with Crippen LogP contribution in [0.25, 0.3) is 6.08 Å². The molecule has 0 atom stereocenters. The van der Waals surface area contributed by atoms with Gasteiger partial charge in [0, 0.05) is 0 Å². The van der Waals surface area contributed by atoms with Gasteiger partial charge in [-0.05, 0) is 42.8 Å². The fraction of sp³-hybridized carbons (Fsp3) is 0.0556. The number of thiocarbonyl (C=S) groups is 1. The molecule has 1 saturated heterocycles. The number of carbonyl (C=O) groups is 2. The summed E-state index contributed by atoms with van der Waals surface area (Å²) in [7, 11) is -3.98. The molecule has 2 aromatic rings. The largest absolute Gasteiger partial charge is 0.478 e. The molecule has 3 rings (SSSR count). The molecule has 10 heteroatoms. The molecule has 144 valence electrons. The molecule has 28 heavy (non-hydrogen) atoms. The minimum Gasteiger partial charge on any atom is -0.478 e. The summed E-state index contributed by atoms with van der Waals surface area (Å²) in [5.41, 5.74) is 1.61. The number of hydrogen-bond donors (Lipinski definition) is 2. The molecule has 0 bridgehead atoms. The van der Waals surface area contributed by atoms with Crippen molar-refractivity contribution < 1.29 is 23.1 Å². The highest BCUT2D eigenvalue weighted by Crippen LogP contribution is 2.32. The first-order chi connectivity index (χ1) is 13.2. The van der Waals surface area contributed by atoms with Crippen LogP contribution in [0.4, 0.5) is 0 Å². The maximum atomic E-state index is 12.6. The normalized spacial score (nSPS) is 16.0. The van der Waals surface area contributed by atoms with Crippen LogP contribution in [-0.2, 0) is 14.8 Å². The first-order valence-corrected chi connectivity index (χ1v) is 10.6. The number of benzene rings is 2. The number of carboxylic acids is 1. The maximum Gasteiger partial charge on any atom is 0.335 e. The molecule has 1 aliphatic heterocycles. The predicted octanol–water partition coefficient (Wildman–Crippen LogP) is 2.79. The molecule has 7 nitrogen and oxygen atoms in total. The number of nitrogens with one attached hydrogen (secondary N) is 1. The fourth-order valence-corrected chi connectivity index (χ4v) is 4.62. The zero-order valence-corrected chi connectivity index (χ0v) is 16.9. The topological polar surface area (TPSA) is 104 Å². The summed E-state index contributed by atoms with van der Waals surface area (Å²) >= 11 is 6.08. The summed E-state index contributed by atoms with van der Waals surface area (Å²) in [4.78, 5) is 25.9. The van der Waals surface area contributed by atoms with E-state index in [-0.39, 0.29) is 19.7 Å². The zero-order valence-electron chi connectivity index (χ0n) is 14.4. The molecule has 1 aliphatic rings. The van der Waals surface area contributed by atoms with Gasteiger partial charge in [0.1, 0.15) is 0 Å². The van der Waals surface area contributed by atoms with Crippen molar-refractivity contribution in [2.45, 2.75) is 11.8 Å². The standard InChI is InChI=1S/C18H14N2O5S3/c1-11-2-8-14(9-3-11)28(24,25)19-20-16(21)15(27-18(20)26)10-12-4-6-13(7-5-12)17(22)23/h2-10,19H,1H3,(H,22,23)/b15-10-. The lowest BCUT2D eigenvalue weighted by molar-refractivity contribution is -0.123. The average Bonchev–Trinajstić information content (AvgIpc) is 2.89. The van der Waals surface area contributed by atoms with Crippen LogP contribution in [0.5, 0.6) is 0 Å². The van der Waals surface area contributed by atoms with E-state index in [1.807, 2.05) is 6.92 Å². The highest BCUT2D eigenvalue weighted by atomic mass is 32.2. The molecule has 0 unspecified atom stereocenters. The van der Waals surface area contributed by atoms with Crippen LogP contribution in [0.3, 0.4) is 0 Å². The minimum atomic E-state index is -3.98. The Morgan fingerprint density at radius 3 is 2.32 bits per heavy atom. The third kappa shape index (κ3) is 4.30. The van der Waals surface area contributed by atoms with Gasteiger partial charge in [0.2, 0.25) is 0 Å². The van der Waals surface area contributed by atoms with Crippen molar-refractivity contribution in [1.82, 2.24) is 9.84 Å². The number of hydrogen-bond acceptors (Lipinski definition) is 6.